The molecule has 0 spiro atoms. The molecular weight excluding hydrogens is 290 g/mol. The zero-order valence-electron chi connectivity index (χ0n) is 13.5. The molecule has 0 radical (unpaired) electrons. The average molecular weight is 311 g/mol. The lowest BCUT2D eigenvalue weighted by Gasteiger charge is -2.27. The van der Waals surface area contributed by atoms with Crippen LogP contribution in [-0.2, 0) is 6.42 Å². The summed E-state index contributed by atoms with van der Waals surface area (Å²) in [6.07, 6.45) is 1.36. The minimum absolute atomic E-state index is 0.00580. The zero-order chi connectivity index (χ0) is 16.2. The van der Waals surface area contributed by atoms with Gasteiger partial charge < -0.3 is 14.8 Å². The fourth-order valence-corrected chi connectivity index (χ4v) is 3.08. The van der Waals surface area contributed by atoms with Crippen LogP contribution in [0.2, 0.25) is 0 Å². The fourth-order valence-electron chi connectivity index (χ4n) is 3.08. The first kappa shape index (κ1) is 15.6. The van der Waals surface area contributed by atoms with Crippen LogP contribution in [0.4, 0.5) is 0 Å². The number of ketones is 1. The van der Waals surface area contributed by atoms with Crippen LogP contribution in [0.15, 0.2) is 42.5 Å². The summed E-state index contributed by atoms with van der Waals surface area (Å²) < 4.78 is 10.8. The van der Waals surface area contributed by atoms with Crippen LogP contribution in [0, 0.1) is 0 Å². The van der Waals surface area contributed by atoms with Gasteiger partial charge in [0.05, 0.1) is 14.2 Å². The largest absolute Gasteiger partial charge is 0.493 e. The zero-order valence-corrected chi connectivity index (χ0v) is 13.5. The molecule has 4 heteroatoms. The van der Waals surface area contributed by atoms with Gasteiger partial charge in [0, 0.05) is 18.0 Å². The molecular formula is C19H21NO3. The molecule has 4 nitrogen and oxygen atoms in total. The van der Waals surface area contributed by atoms with Gasteiger partial charge in [-0.15, -0.1) is 0 Å². The predicted molar refractivity (Wildman–Crippen MR) is 89.4 cm³/mol. The van der Waals surface area contributed by atoms with Crippen molar-refractivity contribution in [2.24, 2.45) is 0 Å². The summed E-state index contributed by atoms with van der Waals surface area (Å²) in [5.74, 6) is 1.58. The summed E-state index contributed by atoms with van der Waals surface area (Å²) in [4.78, 5) is 12.5. The molecule has 0 saturated heterocycles. The van der Waals surface area contributed by atoms with Gasteiger partial charge in [-0.1, -0.05) is 30.3 Å². The van der Waals surface area contributed by atoms with Crippen molar-refractivity contribution in [1.29, 1.82) is 0 Å². The van der Waals surface area contributed by atoms with Crippen molar-refractivity contribution in [2.45, 2.75) is 18.9 Å². The number of fused-ring (bicyclic) bond motifs is 1. The second-order valence-corrected chi connectivity index (χ2v) is 5.66. The summed E-state index contributed by atoms with van der Waals surface area (Å²) in [5.41, 5.74) is 3.09. The van der Waals surface area contributed by atoms with Crippen LogP contribution in [0.3, 0.4) is 0 Å². The molecule has 0 fully saturated rings. The Kier molecular flexibility index (Phi) is 4.63. The number of rotatable bonds is 5. The molecule has 0 aromatic heterocycles. The molecule has 0 bridgehead atoms. The second kappa shape index (κ2) is 6.84. The van der Waals surface area contributed by atoms with E-state index in [-0.39, 0.29) is 11.8 Å². The van der Waals surface area contributed by atoms with Gasteiger partial charge in [0.25, 0.3) is 0 Å². The number of carbonyl (C=O) groups excluding carboxylic acids is 1. The molecule has 1 aliphatic heterocycles. The van der Waals surface area contributed by atoms with Crippen molar-refractivity contribution in [3.63, 3.8) is 0 Å². The van der Waals surface area contributed by atoms with Crippen molar-refractivity contribution < 1.29 is 14.3 Å². The number of ether oxygens (including phenoxy) is 2. The highest BCUT2D eigenvalue weighted by atomic mass is 16.5. The van der Waals surface area contributed by atoms with E-state index >= 15 is 0 Å². The Morgan fingerprint density at radius 3 is 2.52 bits per heavy atom. The quantitative estimate of drug-likeness (QED) is 0.862. The van der Waals surface area contributed by atoms with Crippen LogP contribution in [0.5, 0.6) is 11.5 Å². The molecule has 23 heavy (non-hydrogen) atoms. The minimum Gasteiger partial charge on any atom is -0.493 e. The first-order valence-corrected chi connectivity index (χ1v) is 7.79. The maximum Gasteiger partial charge on any atom is 0.164 e. The average Bonchev–Trinajstić information content (AvgIpc) is 2.61. The highest BCUT2D eigenvalue weighted by Crippen LogP contribution is 2.36. The minimum atomic E-state index is 0.00580. The smallest absolute Gasteiger partial charge is 0.164 e. The number of benzene rings is 2. The van der Waals surface area contributed by atoms with E-state index in [9.17, 15) is 4.79 Å². The van der Waals surface area contributed by atoms with Crippen LogP contribution in [0.25, 0.3) is 0 Å². The highest BCUT2D eigenvalue weighted by molar-refractivity contribution is 5.96. The van der Waals surface area contributed by atoms with Crippen LogP contribution in [0.1, 0.15) is 33.9 Å². The summed E-state index contributed by atoms with van der Waals surface area (Å²) in [5, 5.41) is 3.45. The fraction of sp³-hybridized carbons (Fsp3) is 0.316. The first-order chi connectivity index (χ1) is 11.2. The molecule has 1 atom stereocenters. The van der Waals surface area contributed by atoms with Crippen molar-refractivity contribution in [3.8, 4) is 11.5 Å². The van der Waals surface area contributed by atoms with E-state index in [0.717, 1.165) is 29.8 Å². The van der Waals surface area contributed by atoms with Crippen molar-refractivity contribution in [2.75, 3.05) is 20.8 Å². The third kappa shape index (κ3) is 3.22. The summed E-state index contributed by atoms with van der Waals surface area (Å²) in [6.45, 7) is 0.856. The van der Waals surface area contributed by atoms with Crippen LogP contribution < -0.4 is 14.8 Å². The van der Waals surface area contributed by atoms with Gasteiger partial charge in [0.2, 0.25) is 0 Å². The van der Waals surface area contributed by atoms with Gasteiger partial charge in [-0.25, -0.2) is 0 Å². The molecule has 1 heterocycles. The van der Waals surface area contributed by atoms with E-state index < -0.39 is 0 Å². The van der Waals surface area contributed by atoms with Gasteiger partial charge in [-0.2, -0.15) is 0 Å². The Morgan fingerprint density at radius 1 is 1.13 bits per heavy atom. The number of Topliss-reactive ketones (excluding diaryl/α,β-unsaturated/α-hetero) is 1. The number of carbonyl (C=O) groups is 1. The number of hydrogen-bond acceptors (Lipinski definition) is 4. The Bertz CT molecular complexity index is 697. The van der Waals surface area contributed by atoms with Gasteiger partial charge >= 0.3 is 0 Å². The molecule has 2 aromatic carbocycles. The SMILES string of the molecule is COc1cc2c(cc1OC)C(CC(=O)c1ccccc1)NCC2. The first-order valence-electron chi connectivity index (χ1n) is 7.79. The summed E-state index contributed by atoms with van der Waals surface area (Å²) in [7, 11) is 3.27. The third-order valence-corrected chi connectivity index (χ3v) is 4.29. The van der Waals surface area contributed by atoms with Crippen molar-refractivity contribution in [1.82, 2.24) is 5.32 Å². The van der Waals surface area contributed by atoms with Crippen LogP contribution >= 0.6 is 0 Å². The molecule has 0 saturated carbocycles. The summed E-state index contributed by atoms with van der Waals surface area (Å²) in [6, 6.07) is 13.4. The standard InChI is InChI=1S/C19H21NO3/c1-22-18-10-14-8-9-20-16(15(14)11-19(18)23-2)12-17(21)13-6-4-3-5-7-13/h3-7,10-11,16,20H,8-9,12H2,1-2H3. The third-order valence-electron chi connectivity index (χ3n) is 4.29. The number of nitrogens with one attached hydrogen (secondary N) is 1. The van der Waals surface area contributed by atoms with E-state index in [1.165, 1.54) is 5.56 Å². The molecule has 1 N–H and O–H groups in total. The van der Waals surface area contributed by atoms with Gasteiger partial charge in [-0.3, -0.25) is 4.79 Å². The molecule has 0 aliphatic carbocycles. The van der Waals surface area contributed by atoms with E-state index in [1.54, 1.807) is 14.2 Å². The second-order valence-electron chi connectivity index (χ2n) is 5.66. The Hall–Kier alpha value is -2.33. The predicted octanol–water partition coefficient (Wildman–Crippen LogP) is 3.16. The topological polar surface area (TPSA) is 47.6 Å². The lowest BCUT2D eigenvalue weighted by atomic mass is 9.89. The molecule has 1 aliphatic rings. The summed E-state index contributed by atoms with van der Waals surface area (Å²) >= 11 is 0. The van der Waals surface area contributed by atoms with E-state index in [1.807, 2.05) is 42.5 Å². The molecule has 2 aromatic rings. The Labute approximate surface area is 136 Å². The van der Waals surface area contributed by atoms with Gasteiger partial charge in [0.1, 0.15) is 0 Å². The molecule has 0 amide bonds. The van der Waals surface area contributed by atoms with E-state index in [0.29, 0.717) is 12.2 Å². The Balaban J connectivity index is 1.88. The maximum absolute atomic E-state index is 12.5. The number of methoxy groups -OCH3 is 2. The molecule has 1 unspecified atom stereocenters. The van der Waals surface area contributed by atoms with Gasteiger partial charge in [-0.05, 0) is 36.2 Å². The van der Waals surface area contributed by atoms with E-state index in [4.69, 9.17) is 9.47 Å². The molecule has 3 rings (SSSR count). The van der Waals surface area contributed by atoms with Crippen LogP contribution in [-0.4, -0.2) is 26.5 Å². The normalized spacial score (nSPS) is 16.5. The highest BCUT2D eigenvalue weighted by Gasteiger charge is 2.24. The lowest BCUT2D eigenvalue weighted by molar-refractivity contribution is 0.0967. The van der Waals surface area contributed by atoms with E-state index in [2.05, 4.69) is 5.32 Å². The number of hydrogen-bond donors (Lipinski definition) is 1. The Morgan fingerprint density at radius 2 is 1.83 bits per heavy atom. The monoisotopic (exact) mass is 311 g/mol. The maximum atomic E-state index is 12.5. The van der Waals surface area contributed by atoms with Gasteiger partial charge in [0.15, 0.2) is 17.3 Å². The van der Waals surface area contributed by atoms with Crippen molar-refractivity contribution in [3.05, 3.63) is 59.2 Å². The molecule has 120 valence electrons. The lowest BCUT2D eigenvalue weighted by Crippen LogP contribution is -2.31. The van der Waals surface area contributed by atoms with Crippen molar-refractivity contribution >= 4 is 5.78 Å².